The van der Waals surface area contributed by atoms with Crippen LogP contribution in [-0.4, -0.2) is 26.2 Å². The smallest absolute Gasteiger partial charge is 0.224 e. The van der Waals surface area contributed by atoms with Crippen LogP contribution in [0.25, 0.3) is 0 Å². The first-order valence-electron chi connectivity index (χ1n) is 7.27. The van der Waals surface area contributed by atoms with Crippen molar-refractivity contribution in [1.29, 1.82) is 0 Å². The maximum atomic E-state index is 12.0. The highest BCUT2D eigenvalue weighted by Crippen LogP contribution is 2.16. The molecule has 0 aliphatic rings. The number of rotatable bonds is 8. The fraction of sp³-hybridized carbons (Fsp3) is 0.353. The molecule has 0 saturated heterocycles. The predicted octanol–water partition coefficient (Wildman–Crippen LogP) is 2.72. The number of carbonyl (C=O) groups is 1. The predicted molar refractivity (Wildman–Crippen MR) is 82.8 cm³/mol. The van der Waals surface area contributed by atoms with E-state index in [4.69, 9.17) is 13.9 Å². The highest BCUT2D eigenvalue weighted by Gasteiger charge is 2.14. The van der Waals surface area contributed by atoms with Crippen molar-refractivity contribution in [3.63, 3.8) is 0 Å². The molecule has 0 spiro atoms. The van der Waals surface area contributed by atoms with Gasteiger partial charge in [-0.05, 0) is 36.8 Å². The van der Waals surface area contributed by atoms with Crippen LogP contribution in [0.1, 0.15) is 24.4 Å². The van der Waals surface area contributed by atoms with Crippen LogP contribution >= 0.6 is 0 Å². The van der Waals surface area contributed by atoms with Crippen LogP contribution in [0.2, 0.25) is 0 Å². The summed E-state index contributed by atoms with van der Waals surface area (Å²) in [4.78, 5) is 12.0. The first-order chi connectivity index (χ1) is 10.7. The van der Waals surface area contributed by atoms with Gasteiger partial charge < -0.3 is 19.2 Å². The van der Waals surface area contributed by atoms with Gasteiger partial charge in [0.15, 0.2) is 0 Å². The fourth-order valence-electron chi connectivity index (χ4n) is 2.10. The SMILES string of the molecule is CCOc1ccc(CC(=O)NC[C@@H](OC)c2ccco2)cc1. The van der Waals surface area contributed by atoms with Crippen LogP contribution in [-0.2, 0) is 16.0 Å². The van der Waals surface area contributed by atoms with Crippen LogP contribution < -0.4 is 10.1 Å². The van der Waals surface area contributed by atoms with Gasteiger partial charge in [-0.25, -0.2) is 0 Å². The third-order valence-electron chi connectivity index (χ3n) is 3.23. The van der Waals surface area contributed by atoms with Gasteiger partial charge in [-0.3, -0.25) is 4.79 Å². The van der Waals surface area contributed by atoms with E-state index in [2.05, 4.69) is 5.32 Å². The monoisotopic (exact) mass is 303 g/mol. The van der Waals surface area contributed by atoms with Gasteiger partial charge in [-0.15, -0.1) is 0 Å². The first kappa shape index (κ1) is 16.1. The maximum Gasteiger partial charge on any atom is 0.224 e. The second-order valence-electron chi connectivity index (χ2n) is 4.80. The summed E-state index contributed by atoms with van der Waals surface area (Å²) in [6.07, 6.45) is 1.63. The topological polar surface area (TPSA) is 60.7 Å². The molecule has 1 amide bonds. The minimum absolute atomic E-state index is 0.0576. The summed E-state index contributed by atoms with van der Waals surface area (Å²) in [5.41, 5.74) is 0.938. The van der Waals surface area contributed by atoms with Crippen LogP contribution in [0.4, 0.5) is 0 Å². The lowest BCUT2D eigenvalue weighted by Crippen LogP contribution is -2.30. The van der Waals surface area contributed by atoms with E-state index in [-0.39, 0.29) is 12.0 Å². The molecule has 2 aromatic rings. The van der Waals surface area contributed by atoms with Gasteiger partial charge in [0.2, 0.25) is 5.91 Å². The van der Waals surface area contributed by atoms with Crippen molar-refractivity contribution < 1.29 is 18.7 Å². The Morgan fingerprint density at radius 3 is 2.64 bits per heavy atom. The summed E-state index contributed by atoms with van der Waals surface area (Å²) < 4.78 is 16.0. The Labute approximate surface area is 130 Å². The van der Waals surface area contributed by atoms with E-state index in [0.29, 0.717) is 25.3 Å². The third-order valence-corrected chi connectivity index (χ3v) is 3.23. The van der Waals surface area contributed by atoms with Gasteiger partial charge in [0.1, 0.15) is 17.6 Å². The fourth-order valence-corrected chi connectivity index (χ4v) is 2.10. The lowest BCUT2D eigenvalue weighted by Gasteiger charge is -2.13. The summed E-state index contributed by atoms with van der Waals surface area (Å²) in [6, 6.07) is 11.1. The van der Waals surface area contributed by atoms with Crippen molar-refractivity contribution in [2.45, 2.75) is 19.4 Å². The molecule has 118 valence electrons. The van der Waals surface area contributed by atoms with E-state index >= 15 is 0 Å². The van der Waals surface area contributed by atoms with Crippen molar-refractivity contribution in [2.24, 2.45) is 0 Å². The summed E-state index contributed by atoms with van der Waals surface area (Å²) in [5, 5.41) is 2.86. The van der Waals surface area contributed by atoms with Gasteiger partial charge >= 0.3 is 0 Å². The number of ether oxygens (including phenoxy) is 2. The van der Waals surface area contributed by atoms with E-state index in [1.54, 1.807) is 19.4 Å². The highest BCUT2D eigenvalue weighted by molar-refractivity contribution is 5.78. The number of carbonyl (C=O) groups excluding carboxylic acids is 1. The lowest BCUT2D eigenvalue weighted by molar-refractivity contribution is -0.121. The molecule has 22 heavy (non-hydrogen) atoms. The molecule has 0 saturated carbocycles. The largest absolute Gasteiger partial charge is 0.494 e. The van der Waals surface area contributed by atoms with Gasteiger partial charge in [0, 0.05) is 7.11 Å². The molecule has 2 rings (SSSR count). The molecular formula is C17H21NO4. The Morgan fingerprint density at radius 1 is 1.27 bits per heavy atom. The van der Waals surface area contributed by atoms with E-state index in [1.807, 2.05) is 37.3 Å². The normalized spacial score (nSPS) is 11.9. The van der Waals surface area contributed by atoms with E-state index in [0.717, 1.165) is 11.3 Å². The van der Waals surface area contributed by atoms with Crippen LogP contribution in [0, 0.1) is 0 Å². The van der Waals surface area contributed by atoms with Crippen LogP contribution in [0.3, 0.4) is 0 Å². The van der Waals surface area contributed by atoms with Crippen molar-refractivity contribution in [3.05, 3.63) is 54.0 Å². The van der Waals surface area contributed by atoms with Crippen LogP contribution in [0.15, 0.2) is 47.1 Å². The van der Waals surface area contributed by atoms with Gasteiger partial charge in [0.05, 0.1) is 25.8 Å². The molecule has 1 aromatic carbocycles. The molecule has 1 atom stereocenters. The van der Waals surface area contributed by atoms with Gasteiger partial charge in [0.25, 0.3) is 0 Å². The summed E-state index contributed by atoms with van der Waals surface area (Å²) in [7, 11) is 1.59. The second kappa shape index (κ2) is 8.24. The molecule has 5 heteroatoms. The number of methoxy groups -OCH3 is 1. The number of furan rings is 1. The molecule has 0 aliphatic carbocycles. The number of hydrogen-bond acceptors (Lipinski definition) is 4. The summed E-state index contributed by atoms with van der Waals surface area (Å²) in [6.45, 7) is 2.94. The Bertz CT molecular complexity index is 563. The molecule has 0 bridgehead atoms. The van der Waals surface area contributed by atoms with Gasteiger partial charge in [-0.1, -0.05) is 12.1 Å². The highest BCUT2D eigenvalue weighted by atomic mass is 16.5. The minimum Gasteiger partial charge on any atom is -0.494 e. The molecular weight excluding hydrogens is 282 g/mol. The van der Waals surface area contributed by atoms with Crippen molar-refractivity contribution in [1.82, 2.24) is 5.32 Å². The summed E-state index contributed by atoms with van der Waals surface area (Å²) >= 11 is 0. The lowest BCUT2D eigenvalue weighted by atomic mass is 10.1. The van der Waals surface area contributed by atoms with Gasteiger partial charge in [-0.2, -0.15) is 0 Å². The molecule has 0 fully saturated rings. The molecule has 0 radical (unpaired) electrons. The number of nitrogens with one attached hydrogen (secondary N) is 1. The summed E-state index contributed by atoms with van der Waals surface area (Å²) in [5.74, 6) is 1.45. The van der Waals surface area contributed by atoms with E-state index < -0.39 is 0 Å². The Morgan fingerprint density at radius 2 is 2.05 bits per heavy atom. The van der Waals surface area contributed by atoms with E-state index in [9.17, 15) is 4.79 Å². The average Bonchev–Trinajstić information content (AvgIpc) is 3.04. The van der Waals surface area contributed by atoms with Crippen molar-refractivity contribution >= 4 is 5.91 Å². The zero-order valence-corrected chi connectivity index (χ0v) is 12.9. The average molecular weight is 303 g/mol. The molecule has 1 aromatic heterocycles. The number of amides is 1. The molecule has 1 heterocycles. The van der Waals surface area contributed by atoms with E-state index in [1.165, 1.54) is 0 Å². The third kappa shape index (κ3) is 4.63. The zero-order chi connectivity index (χ0) is 15.8. The molecule has 5 nitrogen and oxygen atoms in total. The minimum atomic E-state index is -0.278. The molecule has 1 N–H and O–H groups in total. The Hall–Kier alpha value is -2.27. The Balaban J connectivity index is 1.82. The number of hydrogen-bond donors (Lipinski definition) is 1. The Kier molecular flexibility index (Phi) is 6.03. The molecule has 0 aliphatic heterocycles. The second-order valence-corrected chi connectivity index (χ2v) is 4.80. The standard InChI is InChI=1S/C17H21NO4/c1-3-21-14-8-6-13(7-9-14)11-17(19)18-12-16(20-2)15-5-4-10-22-15/h4-10,16H,3,11-12H2,1-2H3,(H,18,19)/t16-/m1/s1. The van der Waals surface area contributed by atoms with Crippen molar-refractivity contribution in [3.8, 4) is 5.75 Å². The first-order valence-corrected chi connectivity index (χ1v) is 7.27. The zero-order valence-electron chi connectivity index (χ0n) is 12.9. The van der Waals surface area contributed by atoms with Crippen LogP contribution in [0.5, 0.6) is 5.75 Å². The number of benzene rings is 1. The molecule has 0 unspecified atom stereocenters. The van der Waals surface area contributed by atoms with Crippen molar-refractivity contribution in [2.75, 3.05) is 20.3 Å². The maximum absolute atomic E-state index is 12.0. The quantitative estimate of drug-likeness (QED) is 0.814.